The number of aliphatic hydroxyl groups is 1. The fourth-order valence-electron chi connectivity index (χ4n) is 3.70. The summed E-state index contributed by atoms with van der Waals surface area (Å²) >= 11 is 0. The Hall–Kier alpha value is -1.39. The lowest BCUT2D eigenvalue weighted by atomic mass is 9.98. The first-order chi connectivity index (χ1) is 12.1. The van der Waals surface area contributed by atoms with Gasteiger partial charge in [0, 0.05) is 32.2 Å². The molecule has 1 heterocycles. The molecule has 4 heteroatoms. The van der Waals surface area contributed by atoms with Gasteiger partial charge in [-0.25, -0.2) is 0 Å². The summed E-state index contributed by atoms with van der Waals surface area (Å²) in [6.07, 6.45) is 2.72. The number of rotatable bonds is 8. The molecular weight excluding hydrogens is 324 g/mol. The molecule has 1 aliphatic rings. The lowest BCUT2D eigenvalue weighted by Gasteiger charge is -2.23. The highest BCUT2D eigenvalue weighted by atomic mass is 16.3. The smallest absolute Gasteiger partial charge is 0.253 e. The monoisotopic (exact) mass is 360 g/mol. The number of carbonyl (C=O) groups is 1. The van der Waals surface area contributed by atoms with Crippen LogP contribution in [0.15, 0.2) is 24.3 Å². The maximum Gasteiger partial charge on any atom is 0.253 e. The van der Waals surface area contributed by atoms with Gasteiger partial charge in [0.15, 0.2) is 0 Å². The molecule has 0 spiro atoms. The van der Waals surface area contributed by atoms with Gasteiger partial charge in [0.2, 0.25) is 0 Å². The van der Waals surface area contributed by atoms with Crippen LogP contribution in [0.5, 0.6) is 0 Å². The number of benzene rings is 1. The molecule has 0 saturated carbocycles. The highest BCUT2D eigenvalue weighted by Gasteiger charge is 2.25. The molecule has 1 aromatic rings. The van der Waals surface area contributed by atoms with Gasteiger partial charge in [-0.1, -0.05) is 26.0 Å². The van der Waals surface area contributed by atoms with E-state index < -0.39 is 5.60 Å². The number of nitrogens with zero attached hydrogens (tertiary/aromatic N) is 2. The highest BCUT2D eigenvalue weighted by molar-refractivity contribution is 5.94. The van der Waals surface area contributed by atoms with E-state index in [1.807, 2.05) is 50.1 Å². The molecule has 4 nitrogen and oxygen atoms in total. The molecule has 1 aromatic carbocycles. The van der Waals surface area contributed by atoms with E-state index in [0.29, 0.717) is 11.8 Å². The quantitative estimate of drug-likeness (QED) is 0.772. The molecule has 0 radical (unpaired) electrons. The van der Waals surface area contributed by atoms with Crippen LogP contribution in [0.2, 0.25) is 0 Å². The maximum atomic E-state index is 12.7. The van der Waals surface area contributed by atoms with E-state index in [9.17, 15) is 9.90 Å². The van der Waals surface area contributed by atoms with Gasteiger partial charge in [-0.2, -0.15) is 0 Å². The predicted octanol–water partition coefficient (Wildman–Crippen LogP) is 3.44. The van der Waals surface area contributed by atoms with Gasteiger partial charge in [0.25, 0.3) is 5.91 Å². The third-order valence-electron chi connectivity index (χ3n) is 5.10. The molecule has 146 valence electrons. The summed E-state index contributed by atoms with van der Waals surface area (Å²) in [4.78, 5) is 17.1. The van der Waals surface area contributed by atoms with E-state index in [1.165, 1.54) is 6.42 Å². The number of hydrogen-bond donors (Lipinski definition) is 1. The minimum atomic E-state index is -0.653. The molecule has 0 aliphatic carbocycles. The molecule has 1 fully saturated rings. The van der Waals surface area contributed by atoms with E-state index in [0.717, 1.165) is 50.1 Å². The molecule has 1 N–H and O–H groups in total. The number of hydrogen-bond acceptors (Lipinski definition) is 3. The Balaban J connectivity index is 1.84. The third kappa shape index (κ3) is 6.73. The van der Waals surface area contributed by atoms with Gasteiger partial charge in [-0.05, 0) is 69.2 Å². The summed E-state index contributed by atoms with van der Waals surface area (Å²) in [5, 5.41) is 9.83. The van der Waals surface area contributed by atoms with Crippen molar-refractivity contribution in [1.82, 2.24) is 9.80 Å². The van der Waals surface area contributed by atoms with Crippen molar-refractivity contribution in [1.29, 1.82) is 0 Å². The van der Waals surface area contributed by atoms with Crippen LogP contribution in [0.1, 0.15) is 56.5 Å². The molecule has 2 rings (SSSR count). The van der Waals surface area contributed by atoms with Crippen LogP contribution in [0, 0.1) is 11.8 Å². The summed E-state index contributed by atoms with van der Waals surface area (Å²) in [5.41, 5.74) is 1.25. The van der Waals surface area contributed by atoms with Crippen molar-refractivity contribution in [2.24, 2.45) is 11.8 Å². The second-order valence-electron chi connectivity index (χ2n) is 9.00. The molecule has 1 atom stereocenters. The number of aryl methyl sites for hydroxylation is 1. The Morgan fingerprint density at radius 1 is 1.31 bits per heavy atom. The van der Waals surface area contributed by atoms with Crippen molar-refractivity contribution in [3.63, 3.8) is 0 Å². The Labute approximate surface area is 159 Å². The van der Waals surface area contributed by atoms with E-state index in [4.69, 9.17) is 0 Å². The molecule has 1 aliphatic heterocycles. The van der Waals surface area contributed by atoms with E-state index in [2.05, 4.69) is 18.7 Å². The highest BCUT2D eigenvalue weighted by Crippen LogP contribution is 2.19. The van der Waals surface area contributed by atoms with Gasteiger partial charge in [0.1, 0.15) is 0 Å². The minimum Gasteiger partial charge on any atom is -0.390 e. The van der Waals surface area contributed by atoms with Gasteiger partial charge in [-0.15, -0.1) is 0 Å². The van der Waals surface area contributed by atoms with Crippen LogP contribution in [0.4, 0.5) is 0 Å². The molecular formula is C22H36N2O2. The fourth-order valence-corrected chi connectivity index (χ4v) is 3.70. The zero-order valence-corrected chi connectivity index (χ0v) is 17.2. The Bertz CT molecular complexity index is 575. The van der Waals surface area contributed by atoms with Crippen molar-refractivity contribution >= 4 is 5.91 Å². The lowest BCUT2D eigenvalue weighted by Crippen LogP contribution is -2.33. The van der Waals surface area contributed by atoms with Crippen molar-refractivity contribution in [2.45, 2.75) is 52.6 Å². The molecule has 0 bridgehead atoms. The van der Waals surface area contributed by atoms with Crippen molar-refractivity contribution in [3.8, 4) is 0 Å². The van der Waals surface area contributed by atoms with Gasteiger partial charge in [0.05, 0.1) is 5.60 Å². The average Bonchev–Trinajstić information content (AvgIpc) is 2.98. The third-order valence-corrected chi connectivity index (χ3v) is 5.10. The van der Waals surface area contributed by atoms with E-state index in [-0.39, 0.29) is 5.91 Å². The van der Waals surface area contributed by atoms with Gasteiger partial charge in [-0.3, -0.25) is 4.79 Å². The average molecular weight is 361 g/mol. The maximum absolute atomic E-state index is 12.7. The van der Waals surface area contributed by atoms with E-state index in [1.54, 1.807) is 0 Å². The van der Waals surface area contributed by atoms with Crippen LogP contribution in [-0.2, 0) is 6.42 Å². The standard InChI is InChI=1S/C22H36N2O2/c1-17(2)14-24-13-11-19(16-24)15-23(5)21(25)20-8-6-18(7-9-20)10-12-22(3,4)26/h6-9,17,19,26H,10-16H2,1-5H3. The summed E-state index contributed by atoms with van der Waals surface area (Å²) in [7, 11) is 1.91. The SMILES string of the molecule is CC(C)CN1CCC(CN(C)C(=O)c2ccc(CCC(C)(C)O)cc2)C1. The molecule has 1 unspecified atom stereocenters. The van der Waals surface area contributed by atoms with Crippen LogP contribution >= 0.6 is 0 Å². The number of carbonyl (C=O) groups excluding carboxylic acids is 1. The minimum absolute atomic E-state index is 0.0985. The fraction of sp³-hybridized carbons (Fsp3) is 0.682. The lowest BCUT2D eigenvalue weighted by molar-refractivity contribution is 0.0712. The van der Waals surface area contributed by atoms with Gasteiger partial charge < -0.3 is 14.9 Å². The first-order valence-corrected chi connectivity index (χ1v) is 9.93. The largest absolute Gasteiger partial charge is 0.390 e. The molecule has 26 heavy (non-hydrogen) atoms. The topological polar surface area (TPSA) is 43.8 Å². The summed E-state index contributed by atoms with van der Waals surface area (Å²) < 4.78 is 0. The number of amides is 1. The zero-order chi connectivity index (χ0) is 19.3. The second-order valence-corrected chi connectivity index (χ2v) is 9.00. The summed E-state index contributed by atoms with van der Waals surface area (Å²) in [6.45, 7) is 12.4. The summed E-state index contributed by atoms with van der Waals surface area (Å²) in [6, 6.07) is 7.84. The first kappa shape index (κ1) is 20.9. The molecule has 0 aromatic heterocycles. The summed E-state index contributed by atoms with van der Waals surface area (Å²) in [5.74, 6) is 1.37. The Kier molecular flexibility index (Phi) is 7.24. The normalized spacial score (nSPS) is 18.5. The van der Waals surface area contributed by atoms with Crippen LogP contribution < -0.4 is 0 Å². The van der Waals surface area contributed by atoms with E-state index >= 15 is 0 Å². The van der Waals surface area contributed by atoms with Crippen LogP contribution in [0.25, 0.3) is 0 Å². The van der Waals surface area contributed by atoms with Crippen molar-refractivity contribution in [3.05, 3.63) is 35.4 Å². The Morgan fingerprint density at radius 3 is 2.54 bits per heavy atom. The van der Waals surface area contributed by atoms with Gasteiger partial charge >= 0.3 is 0 Å². The predicted molar refractivity (Wildman–Crippen MR) is 107 cm³/mol. The van der Waals surface area contributed by atoms with Crippen molar-refractivity contribution in [2.75, 3.05) is 33.2 Å². The Morgan fingerprint density at radius 2 is 1.96 bits per heavy atom. The zero-order valence-electron chi connectivity index (χ0n) is 17.2. The first-order valence-electron chi connectivity index (χ1n) is 9.93. The second kappa shape index (κ2) is 9.01. The van der Waals surface area contributed by atoms with Crippen LogP contribution in [-0.4, -0.2) is 59.6 Å². The number of likely N-dealkylation sites (tertiary alicyclic amines) is 1. The molecule has 1 amide bonds. The molecule has 1 saturated heterocycles. The van der Waals surface area contributed by atoms with Crippen molar-refractivity contribution < 1.29 is 9.90 Å². The van der Waals surface area contributed by atoms with Crippen LogP contribution in [0.3, 0.4) is 0 Å².